The molecule has 0 aliphatic heterocycles. The molecule has 0 aliphatic carbocycles. The van der Waals surface area contributed by atoms with Gasteiger partial charge in [-0.2, -0.15) is 0 Å². The molecular weight excluding hydrogens is 278 g/mol. The summed E-state index contributed by atoms with van der Waals surface area (Å²) in [4.78, 5) is 17.3. The third-order valence-electron chi connectivity index (χ3n) is 3.38. The predicted molar refractivity (Wildman–Crippen MR) is 78.0 cm³/mol. The van der Waals surface area contributed by atoms with Crippen LogP contribution in [0, 0.1) is 0 Å². The fraction of sp³-hybridized carbons (Fsp3) is 0.429. The Bertz CT molecular complexity index is 611. The van der Waals surface area contributed by atoms with Gasteiger partial charge in [-0.3, -0.25) is 9.69 Å². The van der Waals surface area contributed by atoms with Gasteiger partial charge in [-0.05, 0) is 25.5 Å². The largest absolute Gasteiger partial charge is 0.480 e. The molecule has 2 aromatic rings. The smallest absolute Gasteiger partial charge is 0.317 e. The average Bonchev–Trinajstić information content (AvgIpc) is 2.77. The number of rotatable bonds is 6. The molecule has 2 rings (SSSR count). The van der Waals surface area contributed by atoms with Gasteiger partial charge in [0, 0.05) is 25.0 Å². The molecule has 0 fully saturated rings. The highest BCUT2D eigenvalue weighted by atomic mass is 35.5. The minimum absolute atomic E-state index is 0.0175. The van der Waals surface area contributed by atoms with Crippen LogP contribution in [0.4, 0.5) is 0 Å². The van der Waals surface area contributed by atoms with E-state index in [9.17, 15) is 4.79 Å². The number of halogens is 1. The lowest BCUT2D eigenvalue weighted by atomic mass is 10.2. The van der Waals surface area contributed by atoms with Crippen molar-refractivity contribution in [3.8, 4) is 0 Å². The first-order valence-electron chi connectivity index (χ1n) is 6.58. The van der Waals surface area contributed by atoms with Crippen molar-refractivity contribution >= 4 is 23.2 Å². The van der Waals surface area contributed by atoms with Gasteiger partial charge in [-0.15, -0.1) is 0 Å². The van der Waals surface area contributed by atoms with Crippen LogP contribution in [0.5, 0.6) is 0 Å². The highest BCUT2D eigenvalue weighted by Gasteiger charge is 2.17. The predicted octanol–water partition coefficient (Wildman–Crippen LogP) is 2.67. The van der Waals surface area contributed by atoms with Crippen molar-refractivity contribution < 1.29 is 9.90 Å². The van der Waals surface area contributed by atoms with Crippen molar-refractivity contribution in [2.75, 3.05) is 6.54 Å². The van der Waals surface area contributed by atoms with E-state index in [-0.39, 0.29) is 12.6 Å². The van der Waals surface area contributed by atoms with Crippen LogP contribution in [0.2, 0.25) is 5.02 Å². The SMILES string of the molecule is CCC(C)N(CC(=O)O)Cc1cn2cc(Cl)ccc2n1. The van der Waals surface area contributed by atoms with Gasteiger partial charge >= 0.3 is 5.97 Å². The molecule has 0 aliphatic rings. The summed E-state index contributed by atoms with van der Waals surface area (Å²) in [5, 5.41) is 9.64. The second kappa shape index (κ2) is 6.24. The number of fused-ring (bicyclic) bond motifs is 1. The molecule has 0 bridgehead atoms. The maximum absolute atomic E-state index is 11.0. The molecule has 20 heavy (non-hydrogen) atoms. The second-order valence-corrected chi connectivity index (χ2v) is 5.34. The number of aliphatic carboxylic acids is 1. The Morgan fingerprint density at radius 2 is 2.25 bits per heavy atom. The number of hydrogen-bond donors (Lipinski definition) is 1. The van der Waals surface area contributed by atoms with Crippen molar-refractivity contribution in [2.45, 2.75) is 32.9 Å². The van der Waals surface area contributed by atoms with Gasteiger partial charge in [0.15, 0.2) is 0 Å². The number of carboxylic acid groups (broad SMARTS) is 1. The van der Waals surface area contributed by atoms with Crippen molar-refractivity contribution in [3.63, 3.8) is 0 Å². The molecule has 1 N–H and O–H groups in total. The fourth-order valence-electron chi connectivity index (χ4n) is 2.10. The van der Waals surface area contributed by atoms with Gasteiger partial charge in [0.1, 0.15) is 5.65 Å². The third-order valence-corrected chi connectivity index (χ3v) is 3.61. The first-order chi connectivity index (χ1) is 9.49. The van der Waals surface area contributed by atoms with Gasteiger partial charge in [0.05, 0.1) is 17.3 Å². The number of nitrogens with zero attached hydrogens (tertiary/aromatic N) is 3. The maximum atomic E-state index is 11.0. The molecule has 0 saturated carbocycles. The summed E-state index contributed by atoms with van der Waals surface area (Å²) in [5.41, 5.74) is 1.65. The van der Waals surface area contributed by atoms with Crippen LogP contribution < -0.4 is 0 Å². The van der Waals surface area contributed by atoms with Crippen LogP contribution in [-0.2, 0) is 11.3 Å². The van der Waals surface area contributed by atoms with Gasteiger partial charge in [0.25, 0.3) is 0 Å². The zero-order valence-electron chi connectivity index (χ0n) is 11.6. The van der Waals surface area contributed by atoms with Gasteiger partial charge in [-0.25, -0.2) is 4.98 Å². The zero-order valence-corrected chi connectivity index (χ0v) is 12.3. The van der Waals surface area contributed by atoms with Crippen LogP contribution >= 0.6 is 11.6 Å². The second-order valence-electron chi connectivity index (χ2n) is 4.90. The quantitative estimate of drug-likeness (QED) is 0.890. The summed E-state index contributed by atoms with van der Waals surface area (Å²) in [6, 6.07) is 3.83. The number of carbonyl (C=O) groups is 1. The highest BCUT2D eigenvalue weighted by Crippen LogP contribution is 2.14. The van der Waals surface area contributed by atoms with E-state index < -0.39 is 5.97 Å². The van der Waals surface area contributed by atoms with Crippen LogP contribution in [0.3, 0.4) is 0 Å². The van der Waals surface area contributed by atoms with Crippen LogP contribution in [-0.4, -0.2) is 37.9 Å². The van der Waals surface area contributed by atoms with Crippen LogP contribution in [0.1, 0.15) is 26.0 Å². The Morgan fingerprint density at radius 1 is 1.50 bits per heavy atom. The molecule has 0 radical (unpaired) electrons. The van der Waals surface area contributed by atoms with E-state index >= 15 is 0 Å². The lowest BCUT2D eigenvalue weighted by Gasteiger charge is -2.25. The molecule has 1 unspecified atom stereocenters. The van der Waals surface area contributed by atoms with Crippen molar-refractivity contribution in [3.05, 3.63) is 35.2 Å². The summed E-state index contributed by atoms with van der Waals surface area (Å²) < 4.78 is 1.85. The number of hydrogen-bond acceptors (Lipinski definition) is 3. The molecule has 1 atom stereocenters. The molecule has 2 aromatic heterocycles. The average molecular weight is 296 g/mol. The molecule has 6 heteroatoms. The number of aromatic nitrogens is 2. The summed E-state index contributed by atoms with van der Waals surface area (Å²) in [7, 11) is 0. The molecule has 0 aromatic carbocycles. The third kappa shape index (κ3) is 3.49. The number of pyridine rings is 1. The topological polar surface area (TPSA) is 57.8 Å². The molecule has 108 valence electrons. The Hall–Kier alpha value is -1.59. The van der Waals surface area contributed by atoms with Gasteiger partial charge in [-0.1, -0.05) is 18.5 Å². The summed E-state index contributed by atoms with van der Waals surface area (Å²) in [5.74, 6) is -0.822. The minimum Gasteiger partial charge on any atom is -0.480 e. The van der Waals surface area contributed by atoms with Crippen LogP contribution in [0.25, 0.3) is 5.65 Å². The first-order valence-corrected chi connectivity index (χ1v) is 6.96. The standard InChI is InChI=1S/C14H18ClN3O2/c1-3-10(2)17(9-14(19)20)7-12-8-18-6-11(15)4-5-13(18)16-12/h4-6,8,10H,3,7,9H2,1-2H3,(H,19,20). The Kier molecular flexibility index (Phi) is 4.62. The van der Waals surface area contributed by atoms with Gasteiger partial charge < -0.3 is 9.51 Å². The monoisotopic (exact) mass is 295 g/mol. The maximum Gasteiger partial charge on any atom is 0.317 e. The molecule has 5 nitrogen and oxygen atoms in total. The van der Waals surface area contributed by atoms with E-state index in [0.717, 1.165) is 17.8 Å². The van der Waals surface area contributed by atoms with Crippen molar-refractivity contribution in [2.24, 2.45) is 0 Å². The van der Waals surface area contributed by atoms with Gasteiger partial charge in [0.2, 0.25) is 0 Å². The first kappa shape index (κ1) is 14.8. The highest BCUT2D eigenvalue weighted by molar-refractivity contribution is 6.30. The minimum atomic E-state index is -0.822. The van der Waals surface area contributed by atoms with E-state index in [1.807, 2.05) is 35.4 Å². The Balaban J connectivity index is 2.21. The zero-order chi connectivity index (χ0) is 14.7. The van der Waals surface area contributed by atoms with Crippen molar-refractivity contribution in [1.29, 1.82) is 0 Å². The Labute approximate surface area is 122 Å². The van der Waals surface area contributed by atoms with E-state index in [4.69, 9.17) is 16.7 Å². The van der Waals surface area contributed by atoms with E-state index in [2.05, 4.69) is 4.98 Å². The molecule has 0 spiro atoms. The van der Waals surface area contributed by atoms with E-state index in [1.165, 1.54) is 0 Å². The Morgan fingerprint density at radius 3 is 2.90 bits per heavy atom. The van der Waals surface area contributed by atoms with E-state index in [1.54, 1.807) is 12.3 Å². The number of imidazole rings is 1. The summed E-state index contributed by atoms with van der Waals surface area (Å²) >= 11 is 5.94. The van der Waals surface area contributed by atoms with E-state index in [0.29, 0.717) is 11.6 Å². The molecule has 0 saturated heterocycles. The molecule has 0 amide bonds. The van der Waals surface area contributed by atoms with Crippen molar-refractivity contribution in [1.82, 2.24) is 14.3 Å². The summed E-state index contributed by atoms with van der Waals surface area (Å²) in [6.07, 6.45) is 4.57. The normalized spacial score (nSPS) is 13.0. The fourth-order valence-corrected chi connectivity index (χ4v) is 2.27. The lowest BCUT2D eigenvalue weighted by Crippen LogP contribution is -2.36. The lowest BCUT2D eigenvalue weighted by molar-refractivity contribution is -0.139. The number of carboxylic acids is 1. The molecule has 2 heterocycles. The van der Waals surface area contributed by atoms with Crippen LogP contribution in [0.15, 0.2) is 24.5 Å². The summed E-state index contributed by atoms with van der Waals surface area (Å²) in [6.45, 7) is 4.60. The molecular formula is C14H18ClN3O2.